The van der Waals surface area contributed by atoms with Crippen LogP contribution in [0.15, 0.2) is 22.1 Å². The van der Waals surface area contributed by atoms with E-state index in [1.807, 2.05) is 0 Å². The van der Waals surface area contributed by atoms with Crippen molar-refractivity contribution in [1.82, 2.24) is 5.01 Å². The first kappa shape index (κ1) is 24.5. The lowest BCUT2D eigenvalue weighted by atomic mass is 10.1. The first-order valence-electron chi connectivity index (χ1n) is 8.77. The molecule has 0 N–H and O–H groups in total. The Balaban J connectivity index is 1.95. The number of hydrazone groups is 1. The molecule has 13 heteroatoms. The van der Waals surface area contributed by atoms with E-state index in [9.17, 15) is 26.7 Å². The van der Waals surface area contributed by atoms with Gasteiger partial charge in [0.1, 0.15) is 0 Å². The highest BCUT2D eigenvalue weighted by atomic mass is 32.2. The van der Waals surface area contributed by atoms with E-state index in [4.69, 9.17) is 26.4 Å². The van der Waals surface area contributed by atoms with Gasteiger partial charge in [-0.25, -0.2) is 22.0 Å². The van der Waals surface area contributed by atoms with Gasteiger partial charge in [0.15, 0.2) is 39.1 Å². The standard InChI is InChI=1S/C20H13F5N2O4S2/c1-29-10-4-8(5-11(30-2)18(10)31-3)6-12-19(28)27(20(32)33-12)26-7-9-13(21)15(23)17(25)16(24)14(9)22/h4-7H,1-3H3/b12-6+,26-7+. The highest BCUT2D eigenvalue weighted by Gasteiger charge is 2.33. The van der Waals surface area contributed by atoms with Crippen molar-refractivity contribution in [3.8, 4) is 17.2 Å². The molecule has 6 nitrogen and oxygen atoms in total. The van der Waals surface area contributed by atoms with Crippen molar-refractivity contribution < 1.29 is 41.0 Å². The number of thioether (sulfide) groups is 1. The van der Waals surface area contributed by atoms with Crippen LogP contribution in [0.4, 0.5) is 22.0 Å². The Kier molecular flexibility index (Phi) is 7.22. The smallest absolute Gasteiger partial charge is 0.286 e. The number of amides is 1. The van der Waals surface area contributed by atoms with Crippen LogP contribution in [0.1, 0.15) is 11.1 Å². The van der Waals surface area contributed by atoms with Gasteiger partial charge < -0.3 is 14.2 Å². The number of carbonyl (C=O) groups is 1. The maximum Gasteiger partial charge on any atom is 0.286 e. The average molecular weight is 504 g/mol. The van der Waals surface area contributed by atoms with Crippen molar-refractivity contribution in [1.29, 1.82) is 0 Å². The third-order valence-electron chi connectivity index (χ3n) is 4.30. The van der Waals surface area contributed by atoms with Gasteiger partial charge in [-0.3, -0.25) is 4.79 Å². The second kappa shape index (κ2) is 9.75. The fourth-order valence-corrected chi connectivity index (χ4v) is 3.92. The third kappa shape index (κ3) is 4.50. The summed E-state index contributed by atoms with van der Waals surface area (Å²) in [7, 11) is 4.25. The minimum Gasteiger partial charge on any atom is -0.493 e. The monoisotopic (exact) mass is 504 g/mol. The molecule has 1 heterocycles. The van der Waals surface area contributed by atoms with Gasteiger partial charge in [-0.15, -0.1) is 0 Å². The molecule has 0 spiro atoms. The molecule has 3 rings (SSSR count). The number of ether oxygens (including phenoxy) is 3. The number of carbonyl (C=O) groups excluding carboxylic acids is 1. The molecule has 0 bridgehead atoms. The summed E-state index contributed by atoms with van der Waals surface area (Å²) in [6.07, 6.45) is 1.76. The number of hydrogen-bond acceptors (Lipinski definition) is 7. The largest absolute Gasteiger partial charge is 0.493 e. The van der Waals surface area contributed by atoms with Gasteiger partial charge in [-0.05, 0) is 36.0 Å². The number of halogens is 5. The Bertz CT molecular complexity index is 1170. The molecule has 1 saturated heterocycles. The maximum absolute atomic E-state index is 13.8. The molecule has 0 saturated carbocycles. The van der Waals surface area contributed by atoms with Crippen molar-refractivity contribution in [2.45, 2.75) is 0 Å². The predicted molar refractivity (Wildman–Crippen MR) is 115 cm³/mol. The average Bonchev–Trinajstić information content (AvgIpc) is 3.07. The number of thiocarbonyl (C=S) groups is 1. The van der Waals surface area contributed by atoms with Crippen LogP contribution in [0.5, 0.6) is 17.2 Å². The summed E-state index contributed by atoms with van der Waals surface area (Å²) in [5, 5.41) is 4.13. The first-order chi connectivity index (χ1) is 15.6. The molecule has 0 atom stereocenters. The minimum atomic E-state index is -2.30. The zero-order valence-electron chi connectivity index (χ0n) is 17.0. The van der Waals surface area contributed by atoms with E-state index in [-0.39, 0.29) is 9.23 Å². The van der Waals surface area contributed by atoms with Crippen LogP contribution in [0.3, 0.4) is 0 Å². The Morgan fingerprint density at radius 2 is 1.42 bits per heavy atom. The summed E-state index contributed by atoms with van der Waals surface area (Å²) in [5.41, 5.74) is -0.845. The molecule has 1 amide bonds. The Hall–Kier alpha value is -3.19. The predicted octanol–water partition coefficient (Wildman–Crippen LogP) is 4.64. The molecule has 0 unspecified atom stereocenters. The van der Waals surface area contributed by atoms with E-state index in [0.717, 1.165) is 11.8 Å². The van der Waals surface area contributed by atoms with Gasteiger partial charge >= 0.3 is 0 Å². The van der Waals surface area contributed by atoms with Crippen LogP contribution >= 0.6 is 24.0 Å². The van der Waals surface area contributed by atoms with Crippen molar-refractivity contribution in [3.63, 3.8) is 0 Å². The Morgan fingerprint density at radius 1 is 0.909 bits per heavy atom. The quantitative estimate of drug-likeness (QED) is 0.143. The van der Waals surface area contributed by atoms with Crippen molar-refractivity contribution in [2.24, 2.45) is 5.10 Å². The fraction of sp³-hybridized carbons (Fsp3) is 0.150. The molecule has 1 fully saturated rings. The number of methoxy groups -OCH3 is 3. The molecule has 0 aliphatic carbocycles. The SMILES string of the molecule is COc1cc(/C=C2/SC(=S)N(/N=C/c3c(F)c(F)c(F)c(F)c3F)C2=O)cc(OC)c1OC. The zero-order valence-corrected chi connectivity index (χ0v) is 18.7. The van der Waals surface area contributed by atoms with Crippen LogP contribution in [-0.4, -0.2) is 42.8 Å². The molecule has 0 radical (unpaired) electrons. The van der Waals surface area contributed by atoms with Gasteiger partial charge in [0.2, 0.25) is 11.6 Å². The van der Waals surface area contributed by atoms with Crippen molar-refractivity contribution in [3.05, 3.63) is 57.3 Å². The second-order valence-electron chi connectivity index (χ2n) is 6.18. The second-order valence-corrected chi connectivity index (χ2v) is 7.86. The number of nitrogens with zero attached hydrogens (tertiary/aromatic N) is 2. The van der Waals surface area contributed by atoms with Gasteiger partial charge in [0, 0.05) is 0 Å². The summed E-state index contributed by atoms with van der Waals surface area (Å²) in [6.45, 7) is 0. The lowest BCUT2D eigenvalue weighted by Gasteiger charge is -2.13. The molecular weight excluding hydrogens is 491 g/mol. The lowest BCUT2D eigenvalue weighted by molar-refractivity contribution is -0.122. The number of rotatable bonds is 6. The van der Waals surface area contributed by atoms with Gasteiger partial charge in [0.25, 0.3) is 5.91 Å². The summed E-state index contributed by atoms with van der Waals surface area (Å²) in [5.74, 6) is -10.6. The fourth-order valence-electron chi connectivity index (χ4n) is 2.75. The summed E-state index contributed by atoms with van der Waals surface area (Å²) in [6, 6.07) is 3.12. The van der Waals surface area contributed by atoms with E-state index >= 15 is 0 Å². The van der Waals surface area contributed by atoms with Gasteiger partial charge in [0.05, 0.1) is 38.0 Å². The van der Waals surface area contributed by atoms with E-state index < -0.39 is 40.6 Å². The minimum absolute atomic E-state index is 0.0730. The Labute approximate surface area is 193 Å². The molecule has 33 heavy (non-hydrogen) atoms. The molecule has 2 aromatic rings. The normalized spacial score (nSPS) is 15.2. The van der Waals surface area contributed by atoms with Crippen LogP contribution in [0.25, 0.3) is 6.08 Å². The van der Waals surface area contributed by atoms with Crippen molar-refractivity contribution in [2.75, 3.05) is 21.3 Å². The van der Waals surface area contributed by atoms with E-state index in [0.29, 0.717) is 34.0 Å². The molecule has 2 aromatic carbocycles. The first-order valence-corrected chi connectivity index (χ1v) is 10.00. The molecular formula is C20H13F5N2O4S2. The van der Waals surface area contributed by atoms with Crippen molar-refractivity contribution >= 4 is 46.5 Å². The van der Waals surface area contributed by atoms with E-state index in [1.54, 1.807) is 12.1 Å². The van der Waals surface area contributed by atoms with Gasteiger partial charge in [-0.1, -0.05) is 11.8 Å². The molecule has 1 aliphatic rings. The highest BCUT2D eigenvalue weighted by molar-refractivity contribution is 8.26. The van der Waals surface area contributed by atoms with E-state index in [2.05, 4.69) is 5.10 Å². The summed E-state index contributed by atoms with van der Waals surface area (Å²) < 4.78 is 83.2. The number of benzene rings is 2. The van der Waals surface area contributed by atoms with Crippen LogP contribution in [0.2, 0.25) is 0 Å². The molecule has 174 valence electrons. The highest BCUT2D eigenvalue weighted by Crippen LogP contribution is 2.40. The van der Waals surface area contributed by atoms with Crippen LogP contribution in [0, 0.1) is 29.1 Å². The van der Waals surface area contributed by atoms with Gasteiger partial charge in [-0.2, -0.15) is 10.1 Å². The molecule has 1 aliphatic heterocycles. The Morgan fingerprint density at radius 3 is 1.91 bits per heavy atom. The summed E-state index contributed by atoms with van der Waals surface area (Å²) in [4.78, 5) is 12.8. The topological polar surface area (TPSA) is 60.4 Å². The van der Waals surface area contributed by atoms with Crippen LogP contribution in [-0.2, 0) is 4.79 Å². The number of hydrogen-bond donors (Lipinski definition) is 0. The van der Waals surface area contributed by atoms with Crippen LogP contribution < -0.4 is 14.2 Å². The van der Waals surface area contributed by atoms with E-state index in [1.165, 1.54) is 27.4 Å². The molecule has 0 aromatic heterocycles. The third-order valence-corrected chi connectivity index (χ3v) is 5.59. The summed E-state index contributed by atoms with van der Waals surface area (Å²) >= 11 is 5.86. The zero-order chi connectivity index (χ0) is 24.4. The lowest BCUT2D eigenvalue weighted by Crippen LogP contribution is -2.22. The maximum atomic E-state index is 13.8.